The van der Waals surface area contributed by atoms with Gasteiger partial charge in [-0.1, -0.05) is 34.6 Å². The fraction of sp³-hybridized carbons (Fsp3) is 0.344. The summed E-state index contributed by atoms with van der Waals surface area (Å²) in [5.41, 5.74) is 10.2. The zero-order chi connectivity index (χ0) is 57.1. The average Bonchev–Trinajstić information content (AvgIpc) is 4.32. The summed E-state index contributed by atoms with van der Waals surface area (Å²) in [7, 11) is 3.26. The standard InChI is InChI=1S/C22H28N4O2.C22H26N2O3.C20H22N2O2/c1-5-25(6-2)11-12-26-19-9-7-15(21(27)23-3)13-17(19)18-14-16(22(28)24-4)8-10-20(18)26;1-4-23(5-2)10-11-24-20-8-6-16(15(3)26)12-18(20)19-13-17(22(27)14-25)7-9-21(19)24;1-4-21-9-10-22-19-7-5-15(13(2)23)11-17(19)18-12-16(14(3)24)6-8-20(18)22/h7-10,13-14H,5-6,11-12H2,1-4H3,(H,23,27)(H,24,28);6-9,12-13,25H,4-5,10-11,14H2,1-3H3;5-8,11-12,21H,4,9-10H2,1-3H3. The van der Waals surface area contributed by atoms with E-state index in [1.54, 1.807) is 40.9 Å². The minimum Gasteiger partial charge on any atom is -0.388 e. The highest BCUT2D eigenvalue weighted by molar-refractivity contribution is 6.15. The largest absolute Gasteiger partial charge is 0.388 e. The van der Waals surface area contributed by atoms with Crippen LogP contribution in [0.2, 0.25) is 0 Å². The number of hydrogen-bond acceptors (Lipinski definition) is 10. The summed E-state index contributed by atoms with van der Waals surface area (Å²) in [6.45, 7) is 25.1. The van der Waals surface area contributed by atoms with Gasteiger partial charge in [0.2, 0.25) is 0 Å². The van der Waals surface area contributed by atoms with E-state index in [9.17, 15) is 33.9 Å². The molecule has 0 aliphatic heterocycles. The number of likely N-dealkylation sites (N-methyl/N-ethyl adjacent to an activating group) is 3. The van der Waals surface area contributed by atoms with Gasteiger partial charge in [0, 0.05) is 152 Å². The van der Waals surface area contributed by atoms with Gasteiger partial charge in [-0.05, 0) is 163 Å². The highest BCUT2D eigenvalue weighted by Crippen LogP contribution is 2.34. The van der Waals surface area contributed by atoms with Gasteiger partial charge in [0.05, 0.1) is 0 Å². The van der Waals surface area contributed by atoms with E-state index >= 15 is 0 Å². The number of carbonyl (C=O) groups is 6. The lowest BCUT2D eigenvalue weighted by atomic mass is 10.0. The van der Waals surface area contributed by atoms with Crippen LogP contribution in [0.4, 0.5) is 0 Å². The van der Waals surface area contributed by atoms with Crippen LogP contribution in [0.25, 0.3) is 65.4 Å². The van der Waals surface area contributed by atoms with Crippen molar-refractivity contribution in [2.75, 3.05) is 73.1 Å². The Morgan fingerprint density at radius 2 is 0.696 bits per heavy atom. The molecular weight excluding hydrogens is 993 g/mol. The van der Waals surface area contributed by atoms with Crippen molar-refractivity contribution in [2.45, 2.75) is 75.0 Å². The lowest BCUT2D eigenvalue weighted by molar-refractivity contribution is 0.0902. The summed E-state index contributed by atoms with van der Waals surface area (Å²) in [5.74, 6) is -0.421. The highest BCUT2D eigenvalue weighted by atomic mass is 16.3. The molecule has 15 nitrogen and oxygen atoms in total. The SMILES string of the molecule is CCN(CC)CCn1c2ccc(C(=O)NC)cc2c2cc(C(=O)NC)ccc21.CCN(CC)CCn1c2ccc(C(C)=O)cc2c2cc(C(=O)CO)ccc21.CCNCCn1c2ccc(C(C)=O)cc2c2cc(C(C)=O)ccc21. The van der Waals surface area contributed by atoms with E-state index in [1.165, 1.54) is 0 Å². The lowest BCUT2D eigenvalue weighted by Gasteiger charge is -2.19. The number of aromatic nitrogens is 3. The Hall–Kier alpha value is -7.82. The molecule has 0 spiro atoms. The Morgan fingerprint density at radius 1 is 0.418 bits per heavy atom. The molecule has 0 aliphatic rings. The average molecular weight is 1070 g/mol. The van der Waals surface area contributed by atoms with Gasteiger partial charge in [-0.25, -0.2) is 0 Å². The second kappa shape index (κ2) is 26.7. The molecule has 3 heterocycles. The molecule has 0 unspecified atom stereocenters. The number of nitrogens with one attached hydrogen (secondary N) is 3. The second-order valence-electron chi connectivity index (χ2n) is 19.7. The molecule has 0 bridgehead atoms. The van der Waals surface area contributed by atoms with Crippen molar-refractivity contribution in [3.63, 3.8) is 0 Å². The number of aliphatic hydroxyl groups is 1. The molecule has 0 atom stereocenters. The van der Waals surface area contributed by atoms with Crippen LogP contribution >= 0.6 is 0 Å². The third-order valence-corrected chi connectivity index (χ3v) is 15.1. The van der Waals surface area contributed by atoms with Crippen LogP contribution in [0.5, 0.6) is 0 Å². The first-order valence-corrected chi connectivity index (χ1v) is 27.5. The van der Waals surface area contributed by atoms with Crippen LogP contribution in [0.15, 0.2) is 109 Å². The van der Waals surface area contributed by atoms with Crippen molar-refractivity contribution in [3.8, 4) is 0 Å². The third kappa shape index (κ3) is 12.9. The molecule has 0 saturated heterocycles. The van der Waals surface area contributed by atoms with Crippen molar-refractivity contribution >= 4 is 100 Å². The van der Waals surface area contributed by atoms with Crippen molar-refractivity contribution in [3.05, 3.63) is 143 Å². The zero-order valence-electron chi connectivity index (χ0n) is 47.5. The molecule has 0 saturated carbocycles. The van der Waals surface area contributed by atoms with E-state index in [1.807, 2.05) is 103 Å². The number of amides is 2. The molecule has 0 fully saturated rings. The summed E-state index contributed by atoms with van der Waals surface area (Å²) < 4.78 is 6.78. The number of fused-ring (bicyclic) bond motifs is 9. The molecular formula is C64H76N8O7. The number of Topliss-reactive ketones (excluding diaryl/α,β-unsaturated/α-hetero) is 4. The minimum atomic E-state index is -0.509. The van der Waals surface area contributed by atoms with Gasteiger partial charge < -0.3 is 44.6 Å². The fourth-order valence-corrected chi connectivity index (χ4v) is 10.5. The maximum absolute atomic E-state index is 12.1. The van der Waals surface area contributed by atoms with E-state index in [-0.39, 0.29) is 34.9 Å². The Kier molecular flexibility index (Phi) is 19.9. The number of aliphatic hydroxyl groups excluding tert-OH is 1. The first-order valence-electron chi connectivity index (χ1n) is 27.5. The van der Waals surface area contributed by atoms with E-state index in [0.29, 0.717) is 33.4 Å². The monoisotopic (exact) mass is 1070 g/mol. The first-order chi connectivity index (χ1) is 38.0. The Morgan fingerprint density at radius 3 is 0.975 bits per heavy atom. The van der Waals surface area contributed by atoms with Crippen molar-refractivity contribution < 1.29 is 33.9 Å². The summed E-state index contributed by atoms with van der Waals surface area (Å²) in [6.07, 6.45) is 0. The normalized spacial score (nSPS) is 11.4. The van der Waals surface area contributed by atoms with Crippen molar-refractivity contribution in [1.82, 2.24) is 39.5 Å². The number of hydrogen-bond donors (Lipinski definition) is 4. The second-order valence-corrected chi connectivity index (χ2v) is 19.7. The third-order valence-electron chi connectivity index (χ3n) is 15.1. The molecule has 0 aliphatic carbocycles. The molecule has 9 aromatic rings. The van der Waals surface area contributed by atoms with Gasteiger partial charge in [0.15, 0.2) is 23.1 Å². The topological polar surface area (TPSA) is 180 Å². The fourth-order valence-electron chi connectivity index (χ4n) is 10.5. The molecule has 0 radical (unpaired) electrons. The quantitative estimate of drug-likeness (QED) is 0.0400. The first kappa shape index (κ1) is 58.9. The van der Waals surface area contributed by atoms with E-state index in [4.69, 9.17) is 0 Å². The Bertz CT molecular complexity index is 3580. The van der Waals surface area contributed by atoms with Gasteiger partial charge in [-0.3, -0.25) is 28.8 Å². The maximum atomic E-state index is 12.1. The van der Waals surface area contributed by atoms with Gasteiger partial charge in [0.25, 0.3) is 11.8 Å². The predicted molar refractivity (Wildman–Crippen MR) is 321 cm³/mol. The molecule has 2 amide bonds. The molecule has 414 valence electrons. The smallest absolute Gasteiger partial charge is 0.251 e. The summed E-state index contributed by atoms with van der Waals surface area (Å²) in [6, 6.07) is 34.5. The van der Waals surface area contributed by atoms with Crippen LogP contribution in [0.3, 0.4) is 0 Å². The van der Waals surface area contributed by atoms with Crippen LogP contribution in [0.1, 0.15) is 118 Å². The maximum Gasteiger partial charge on any atom is 0.251 e. The van der Waals surface area contributed by atoms with E-state index < -0.39 is 6.61 Å². The number of benzene rings is 6. The van der Waals surface area contributed by atoms with Gasteiger partial charge in [-0.15, -0.1) is 0 Å². The Labute approximate surface area is 462 Å². The summed E-state index contributed by atoms with van der Waals surface area (Å²) in [5, 5.41) is 23.8. The highest BCUT2D eigenvalue weighted by Gasteiger charge is 2.19. The lowest BCUT2D eigenvalue weighted by Crippen LogP contribution is -2.27. The van der Waals surface area contributed by atoms with Crippen molar-refractivity contribution in [1.29, 1.82) is 0 Å². The van der Waals surface area contributed by atoms with Crippen LogP contribution in [0, 0.1) is 0 Å². The number of carbonyl (C=O) groups excluding carboxylic acids is 6. The van der Waals surface area contributed by atoms with Crippen LogP contribution < -0.4 is 16.0 Å². The number of ketones is 4. The molecule has 6 aromatic carbocycles. The van der Waals surface area contributed by atoms with Gasteiger partial charge in [0.1, 0.15) is 6.61 Å². The molecule has 79 heavy (non-hydrogen) atoms. The Balaban J connectivity index is 0.000000172. The molecule has 4 N–H and O–H groups in total. The van der Waals surface area contributed by atoms with Crippen LogP contribution in [-0.2, 0) is 19.6 Å². The minimum absolute atomic E-state index is 0.0172. The molecule has 9 rings (SSSR count). The van der Waals surface area contributed by atoms with E-state index in [0.717, 1.165) is 137 Å². The molecule has 3 aromatic heterocycles. The molecule has 15 heteroatoms. The summed E-state index contributed by atoms with van der Waals surface area (Å²) >= 11 is 0. The van der Waals surface area contributed by atoms with E-state index in [2.05, 4.69) is 74.1 Å². The van der Waals surface area contributed by atoms with Gasteiger partial charge >= 0.3 is 0 Å². The predicted octanol–water partition coefficient (Wildman–Crippen LogP) is 10.2. The summed E-state index contributed by atoms with van der Waals surface area (Å²) in [4.78, 5) is 76.3. The number of rotatable bonds is 21. The zero-order valence-corrected chi connectivity index (χ0v) is 47.5. The number of nitrogens with zero attached hydrogens (tertiary/aromatic N) is 5. The van der Waals surface area contributed by atoms with Gasteiger partial charge in [-0.2, -0.15) is 0 Å². The van der Waals surface area contributed by atoms with Crippen molar-refractivity contribution in [2.24, 2.45) is 0 Å². The van der Waals surface area contributed by atoms with Crippen LogP contribution in [-0.4, -0.2) is 137 Å².